The van der Waals surface area contributed by atoms with E-state index in [4.69, 9.17) is 0 Å². The van der Waals surface area contributed by atoms with Crippen molar-refractivity contribution in [2.24, 2.45) is 0 Å². The highest BCUT2D eigenvalue weighted by atomic mass is 16.1. The van der Waals surface area contributed by atoms with E-state index in [0.29, 0.717) is 18.3 Å². The van der Waals surface area contributed by atoms with Crippen LogP contribution in [0.1, 0.15) is 23.5 Å². The molecule has 1 aliphatic carbocycles. The Labute approximate surface area is 63.2 Å². The first-order valence-electron chi connectivity index (χ1n) is 3.52. The molecule has 58 valence electrons. The van der Waals surface area contributed by atoms with Crippen LogP contribution in [0, 0.1) is 0 Å². The smallest absolute Gasteiger partial charge is 0.242 e. The summed E-state index contributed by atoms with van der Waals surface area (Å²) in [5.74, 6) is 0.794. The SMILES string of the molecule is O=Cc1nc(NC2CC2)n[nH]1. The second-order valence-corrected chi connectivity index (χ2v) is 2.58. The van der Waals surface area contributed by atoms with E-state index in [0.717, 1.165) is 0 Å². The number of hydrogen-bond donors (Lipinski definition) is 2. The number of nitrogens with one attached hydrogen (secondary N) is 2. The van der Waals surface area contributed by atoms with E-state index >= 15 is 0 Å². The molecule has 1 aliphatic rings. The molecular weight excluding hydrogens is 144 g/mol. The number of H-pyrrole nitrogens is 1. The summed E-state index contributed by atoms with van der Waals surface area (Å²) < 4.78 is 0. The van der Waals surface area contributed by atoms with Crippen molar-refractivity contribution in [3.05, 3.63) is 5.82 Å². The molecule has 0 atom stereocenters. The Balaban J connectivity index is 2.05. The second-order valence-electron chi connectivity index (χ2n) is 2.58. The lowest BCUT2D eigenvalue weighted by molar-refractivity contribution is 0.111. The lowest BCUT2D eigenvalue weighted by Crippen LogP contribution is -2.02. The lowest BCUT2D eigenvalue weighted by atomic mass is 10.7. The molecule has 0 aliphatic heterocycles. The maximum Gasteiger partial charge on any atom is 0.242 e. The summed E-state index contributed by atoms with van der Waals surface area (Å²) in [5, 5.41) is 9.34. The van der Waals surface area contributed by atoms with Crippen molar-refractivity contribution in [1.82, 2.24) is 15.2 Å². The van der Waals surface area contributed by atoms with Crippen LogP contribution in [0.5, 0.6) is 0 Å². The summed E-state index contributed by atoms with van der Waals surface area (Å²) in [6, 6.07) is 0.519. The molecule has 2 rings (SSSR count). The fourth-order valence-electron chi connectivity index (χ4n) is 0.802. The zero-order chi connectivity index (χ0) is 7.68. The van der Waals surface area contributed by atoms with Gasteiger partial charge in [0.2, 0.25) is 5.95 Å². The van der Waals surface area contributed by atoms with Crippen molar-refractivity contribution in [1.29, 1.82) is 0 Å². The third kappa shape index (κ3) is 1.36. The molecule has 0 aromatic carbocycles. The predicted octanol–water partition coefficient (Wildman–Crippen LogP) is 0.191. The Bertz CT molecular complexity index is 265. The minimum Gasteiger partial charge on any atom is -0.350 e. The number of aromatic amines is 1. The van der Waals surface area contributed by atoms with Crippen LogP contribution >= 0.6 is 0 Å². The summed E-state index contributed by atoms with van der Waals surface area (Å²) in [6.07, 6.45) is 2.99. The summed E-state index contributed by atoms with van der Waals surface area (Å²) >= 11 is 0. The molecule has 0 spiro atoms. The highest BCUT2D eigenvalue weighted by Crippen LogP contribution is 2.22. The van der Waals surface area contributed by atoms with Gasteiger partial charge in [-0.3, -0.25) is 9.89 Å². The van der Waals surface area contributed by atoms with Crippen molar-refractivity contribution in [2.45, 2.75) is 18.9 Å². The highest BCUT2D eigenvalue weighted by Gasteiger charge is 2.22. The van der Waals surface area contributed by atoms with Gasteiger partial charge < -0.3 is 5.32 Å². The third-order valence-corrected chi connectivity index (χ3v) is 1.52. The average Bonchev–Trinajstić information content (AvgIpc) is 2.68. The molecule has 0 saturated heterocycles. The Hall–Kier alpha value is -1.39. The Morgan fingerprint density at radius 2 is 2.45 bits per heavy atom. The Morgan fingerprint density at radius 3 is 3.00 bits per heavy atom. The van der Waals surface area contributed by atoms with Crippen molar-refractivity contribution in [2.75, 3.05) is 5.32 Å². The van der Waals surface area contributed by atoms with Gasteiger partial charge in [0.1, 0.15) is 0 Å². The fraction of sp³-hybridized carbons (Fsp3) is 0.500. The predicted molar refractivity (Wildman–Crippen MR) is 38.4 cm³/mol. The summed E-state index contributed by atoms with van der Waals surface area (Å²) in [7, 11) is 0. The van der Waals surface area contributed by atoms with Gasteiger partial charge in [0.25, 0.3) is 0 Å². The molecule has 1 aromatic heterocycles. The molecule has 0 radical (unpaired) electrons. The van der Waals surface area contributed by atoms with Gasteiger partial charge in [-0.05, 0) is 12.8 Å². The maximum absolute atomic E-state index is 10.2. The number of carbonyl (C=O) groups is 1. The van der Waals surface area contributed by atoms with Crippen LogP contribution in [0.3, 0.4) is 0 Å². The first-order chi connectivity index (χ1) is 5.38. The molecule has 5 heteroatoms. The summed E-state index contributed by atoms with van der Waals surface area (Å²) in [4.78, 5) is 14.0. The van der Waals surface area contributed by atoms with Crippen LogP contribution < -0.4 is 5.32 Å². The zero-order valence-corrected chi connectivity index (χ0v) is 5.87. The van der Waals surface area contributed by atoms with E-state index in [1.54, 1.807) is 0 Å². The van der Waals surface area contributed by atoms with Gasteiger partial charge in [0, 0.05) is 6.04 Å². The lowest BCUT2D eigenvalue weighted by Gasteiger charge is -1.93. The number of anilines is 1. The average molecular weight is 152 g/mol. The summed E-state index contributed by atoms with van der Waals surface area (Å²) in [5.41, 5.74) is 0. The molecule has 11 heavy (non-hydrogen) atoms. The molecule has 0 unspecified atom stereocenters. The van der Waals surface area contributed by atoms with E-state index in [1.807, 2.05) is 0 Å². The van der Waals surface area contributed by atoms with Crippen molar-refractivity contribution in [3.8, 4) is 0 Å². The normalized spacial score (nSPS) is 16.4. The molecular formula is C6H8N4O. The van der Waals surface area contributed by atoms with Crippen LogP contribution in [0.2, 0.25) is 0 Å². The van der Waals surface area contributed by atoms with Crippen LogP contribution in [0.25, 0.3) is 0 Å². The van der Waals surface area contributed by atoms with E-state index < -0.39 is 0 Å². The monoisotopic (exact) mass is 152 g/mol. The number of nitrogens with zero attached hydrogens (tertiary/aromatic N) is 2. The van der Waals surface area contributed by atoms with Gasteiger partial charge in [0.15, 0.2) is 12.1 Å². The molecule has 5 nitrogen and oxygen atoms in total. The van der Waals surface area contributed by atoms with Gasteiger partial charge in [-0.15, -0.1) is 5.10 Å². The van der Waals surface area contributed by atoms with Gasteiger partial charge in [-0.2, -0.15) is 4.98 Å². The first-order valence-corrected chi connectivity index (χ1v) is 3.52. The fourth-order valence-corrected chi connectivity index (χ4v) is 0.802. The van der Waals surface area contributed by atoms with E-state index in [9.17, 15) is 4.79 Å². The molecule has 1 aromatic rings. The first kappa shape index (κ1) is 6.33. The van der Waals surface area contributed by atoms with Crippen molar-refractivity contribution in [3.63, 3.8) is 0 Å². The second kappa shape index (κ2) is 2.34. The van der Waals surface area contributed by atoms with E-state index in [-0.39, 0.29) is 5.82 Å². The Morgan fingerprint density at radius 1 is 1.64 bits per heavy atom. The van der Waals surface area contributed by atoms with Gasteiger partial charge in [-0.1, -0.05) is 0 Å². The number of aromatic nitrogens is 3. The summed E-state index contributed by atoms with van der Waals surface area (Å²) in [6.45, 7) is 0. The Kier molecular flexibility index (Phi) is 1.34. The largest absolute Gasteiger partial charge is 0.350 e. The molecule has 2 N–H and O–H groups in total. The van der Waals surface area contributed by atoms with Gasteiger partial charge in [0.05, 0.1) is 0 Å². The number of hydrogen-bond acceptors (Lipinski definition) is 4. The highest BCUT2D eigenvalue weighted by molar-refractivity contribution is 5.69. The number of aldehydes is 1. The minimum absolute atomic E-state index is 0.271. The third-order valence-electron chi connectivity index (χ3n) is 1.52. The minimum atomic E-state index is 0.271. The van der Waals surface area contributed by atoms with Crippen molar-refractivity contribution >= 4 is 12.2 Å². The number of rotatable bonds is 3. The van der Waals surface area contributed by atoms with Gasteiger partial charge >= 0.3 is 0 Å². The maximum atomic E-state index is 10.2. The quantitative estimate of drug-likeness (QED) is 0.606. The molecule has 1 saturated carbocycles. The molecule has 1 heterocycles. The molecule has 0 amide bonds. The van der Waals surface area contributed by atoms with E-state index in [1.165, 1.54) is 12.8 Å². The van der Waals surface area contributed by atoms with Gasteiger partial charge in [-0.25, -0.2) is 0 Å². The number of carbonyl (C=O) groups excluding carboxylic acids is 1. The zero-order valence-electron chi connectivity index (χ0n) is 5.87. The van der Waals surface area contributed by atoms with Crippen LogP contribution in [0.15, 0.2) is 0 Å². The van der Waals surface area contributed by atoms with Crippen LogP contribution in [0.4, 0.5) is 5.95 Å². The van der Waals surface area contributed by atoms with Crippen LogP contribution in [-0.2, 0) is 0 Å². The topological polar surface area (TPSA) is 70.7 Å². The molecule has 0 bridgehead atoms. The molecule has 1 fully saturated rings. The standard InChI is InChI=1S/C6H8N4O/c11-3-5-8-6(10-9-5)7-4-1-2-4/h3-4H,1-2H2,(H2,7,8,9,10). The van der Waals surface area contributed by atoms with E-state index in [2.05, 4.69) is 20.5 Å². The van der Waals surface area contributed by atoms with Crippen LogP contribution in [-0.4, -0.2) is 27.5 Å². The van der Waals surface area contributed by atoms with Crippen molar-refractivity contribution < 1.29 is 4.79 Å².